The number of aliphatic hydroxyl groups excluding tert-OH is 1. The second-order valence-corrected chi connectivity index (χ2v) is 6.97. The summed E-state index contributed by atoms with van der Waals surface area (Å²) in [6.45, 7) is 5.69. The first-order chi connectivity index (χ1) is 9.71. The summed E-state index contributed by atoms with van der Waals surface area (Å²) in [7, 11) is 0. The Labute approximate surface area is 124 Å². The molecule has 0 heterocycles. The van der Waals surface area contributed by atoms with Crippen LogP contribution in [-0.2, 0) is 4.74 Å². The van der Waals surface area contributed by atoms with Gasteiger partial charge < -0.3 is 15.2 Å². The molecule has 0 spiro atoms. The molecule has 20 heavy (non-hydrogen) atoms. The van der Waals surface area contributed by atoms with Gasteiger partial charge in [-0.25, -0.2) is 0 Å². The lowest BCUT2D eigenvalue weighted by Gasteiger charge is -2.29. The largest absolute Gasteiger partial charge is 0.394 e. The first-order valence-corrected chi connectivity index (χ1v) is 8.71. The van der Waals surface area contributed by atoms with Crippen molar-refractivity contribution in [2.45, 2.75) is 89.3 Å². The summed E-state index contributed by atoms with van der Waals surface area (Å²) in [5.74, 6) is 0.718. The van der Waals surface area contributed by atoms with Crippen LogP contribution in [0.2, 0.25) is 0 Å². The van der Waals surface area contributed by atoms with Crippen molar-refractivity contribution >= 4 is 0 Å². The van der Waals surface area contributed by atoms with Gasteiger partial charge in [-0.3, -0.25) is 0 Å². The van der Waals surface area contributed by atoms with Crippen LogP contribution >= 0.6 is 0 Å². The SMILES string of the molecule is CCCCC(CC)COC1CCC(CO)(NC2CC2)C1. The third-order valence-corrected chi connectivity index (χ3v) is 5.06. The van der Waals surface area contributed by atoms with E-state index in [9.17, 15) is 5.11 Å². The first-order valence-electron chi connectivity index (χ1n) is 8.71. The molecule has 2 aliphatic carbocycles. The summed E-state index contributed by atoms with van der Waals surface area (Å²) in [5.41, 5.74) is -0.0447. The molecule has 0 aromatic heterocycles. The molecule has 2 rings (SSSR count). The van der Waals surface area contributed by atoms with E-state index in [1.807, 2.05) is 0 Å². The van der Waals surface area contributed by atoms with Crippen molar-refractivity contribution in [3.8, 4) is 0 Å². The number of nitrogens with one attached hydrogen (secondary N) is 1. The van der Waals surface area contributed by atoms with Gasteiger partial charge in [-0.05, 0) is 44.4 Å². The fraction of sp³-hybridized carbons (Fsp3) is 1.00. The normalized spacial score (nSPS) is 31.6. The molecule has 3 nitrogen and oxygen atoms in total. The van der Waals surface area contributed by atoms with E-state index in [-0.39, 0.29) is 12.1 Å². The lowest BCUT2D eigenvalue weighted by atomic mass is 9.98. The molecule has 0 aromatic rings. The first kappa shape index (κ1) is 16.3. The van der Waals surface area contributed by atoms with E-state index in [1.165, 1.54) is 38.5 Å². The van der Waals surface area contributed by atoms with Crippen LogP contribution in [-0.4, -0.2) is 36.0 Å². The van der Waals surface area contributed by atoms with Crippen LogP contribution in [0.3, 0.4) is 0 Å². The summed E-state index contributed by atoms with van der Waals surface area (Å²) in [5, 5.41) is 13.4. The van der Waals surface area contributed by atoms with Gasteiger partial charge in [0, 0.05) is 18.2 Å². The minimum Gasteiger partial charge on any atom is -0.394 e. The van der Waals surface area contributed by atoms with Crippen molar-refractivity contribution < 1.29 is 9.84 Å². The molecule has 0 radical (unpaired) electrons. The molecular formula is C17H33NO2. The Morgan fingerprint density at radius 2 is 2.10 bits per heavy atom. The van der Waals surface area contributed by atoms with Crippen LogP contribution in [0.15, 0.2) is 0 Å². The minimum atomic E-state index is -0.0447. The van der Waals surface area contributed by atoms with Crippen LogP contribution < -0.4 is 5.32 Å². The van der Waals surface area contributed by atoms with Gasteiger partial charge in [0.1, 0.15) is 0 Å². The highest BCUT2D eigenvalue weighted by molar-refractivity contribution is 5.01. The molecule has 2 N–H and O–H groups in total. The second kappa shape index (κ2) is 7.77. The average molecular weight is 283 g/mol. The van der Waals surface area contributed by atoms with E-state index in [0.29, 0.717) is 12.1 Å². The number of hydrogen-bond acceptors (Lipinski definition) is 3. The zero-order valence-electron chi connectivity index (χ0n) is 13.4. The zero-order valence-corrected chi connectivity index (χ0v) is 13.4. The van der Waals surface area contributed by atoms with E-state index in [2.05, 4.69) is 19.2 Å². The molecule has 0 aromatic carbocycles. The van der Waals surface area contributed by atoms with E-state index in [4.69, 9.17) is 4.74 Å². The van der Waals surface area contributed by atoms with Crippen LogP contribution in [0.1, 0.15) is 71.6 Å². The molecule has 0 amide bonds. The lowest BCUT2D eigenvalue weighted by molar-refractivity contribution is 0.0217. The summed E-state index contributed by atoms with van der Waals surface area (Å²) in [6, 6.07) is 0.661. The van der Waals surface area contributed by atoms with Crippen LogP contribution in [0.4, 0.5) is 0 Å². The Hall–Kier alpha value is -0.120. The molecule has 0 saturated heterocycles. The van der Waals surface area contributed by atoms with Crippen molar-refractivity contribution in [1.82, 2.24) is 5.32 Å². The minimum absolute atomic E-state index is 0.0447. The molecule has 0 aliphatic heterocycles. The molecular weight excluding hydrogens is 250 g/mol. The van der Waals surface area contributed by atoms with E-state index >= 15 is 0 Å². The molecule has 2 aliphatic rings. The van der Waals surface area contributed by atoms with Gasteiger partial charge in [0.15, 0.2) is 0 Å². The summed E-state index contributed by atoms with van der Waals surface area (Å²) in [4.78, 5) is 0. The molecule has 2 saturated carbocycles. The van der Waals surface area contributed by atoms with Gasteiger partial charge in [-0.1, -0.05) is 33.1 Å². The van der Waals surface area contributed by atoms with Crippen molar-refractivity contribution in [2.24, 2.45) is 5.92 Å². The van der Waals surface area contributed by atoms with Gasteiger partial charge in [0.05, 0.1) is 12.7 Å². The van der Waals surface area contributed by atoms with E-state index in [1.54, 1.807) is 0 Å². The average Bonchev–Trinajstić information content (AvgIpc) is 3.18. The van der Waals surface area contributed by atoms with Gasteiger partial charge in [-0.15, -0.1) is 0 Å². The summed E-state index contributed by atoms with van der Waals surface area (Å²) in [6.07, 6.45) is 11.2. The third kappa shape index (κ3) is 4.71. The van der Waals surface area contributed by atoms with E-state index in [0.717, 1.165) is 31.8 Å². The predicted octanol–water partition coefficient (Wildman–Crippen LogP) is 3.26. The Morgan fingerprint density at radius 1 is 1.30 bits per heavy atom. The zero-order chi connectivity index (χ0) is 14.4. The smallest absolute Gasteiger partial charge is 0.0614 e. The fourth-order valence-electron chi connectivity index (χ4n) is 3.37. The van der Waals surface area contributed by atoms with Crippen molar-refractivity contribution in [3.63, 3.8) is 0 Å². The third-order valence-electron chi connectivity index (χ3n) is 5.06. The van der Waals surface area contributed by atoms with Crippen molar-refractivity contribution in [2.75, 3.05) is 13.2 Å². The van der Waals surface area contributed by atoms with Gasteiger partial charge in [0.25, 0.3) is 0 Å². The molecule has 118 valence electrons. The number of ether oxygens (including phenoxy) is 1. The Balaban J connectivity index is 1.71. The predicted molar refractivity (Wildman–Crippen MR) is 82.9 cm³/mol. The van der Waals surface area contributed by atoms with Crippen LogP contribution in [0, 0.1) is 5.92 Å². The number of hydrogen-bond donors (Lipinski definition) is 2. The second-order valence-electron chi connectivity index (χ2n) is 6.97. The number of unbranched alkanes of at least 4 members (excludes halogenated alkanes) is 1. The van der Waals surface area contributed by atoms with Gasteiger partial charge in [0.2, 0.25) is 0 Å². The lowest BCUT2D eigenvalue weighted by Crippen LogP contribution is -2.48. The molecule has 3 atom stereocenters. The van der Waals surface area contributed by atoms with Gasteiger partial charge in [-0.2, -0.15) is 0 Å². The summed E-state index contributed by atoms with van der Waals surface area (Å²) < 4.78 is 6.16. The molecule has 0 bridgehead atoms. The van der Waals surface area contributed by atoms with Crippen LogP contribution in [0.25, 0.3) is 0 Å². The molecule has 2 fully saturated rings. The topological polar surface area (TPSA) is 41.5 Å². The highest BCUT2D eigenvalue weighted by Gasteiger charge is 2.42. The maximum Gasteiger partial charge on any atom is 0.0614 e. The van der Waals surface area contributed by atoms with E-state index < -0.39 is 0 Å². The standard InChI is InChI=1S/C17H33NO2/c1-3-5-6-14(4-2)12-20-16-9-10-17(11-16,13-19)18-15-7-8-15/h14-16,18-19H,3-13H2,1-2H3. The maximum atomic E-state index is 9.73. The number of rotatable bonds is 10. The number of aliphatic hydroxyl groups is 1. The summed E-state index contributed by atoms with van der Waals surface area (Å²) >= 11 is 0. The quantitative estimate of drug-likeness (QED) is 0.646. The Morgan fingerprint density at radius 3 is 2.70 bits per heavy atom. The Kier molecular flexibility index (Phi) is 6.31. The fourth-order valence-corrected chi connectivity index (χ4v) is 3.37. The van der Waals surface area contributed by atoms with Crippen molar-refractivity contribution in [3.05, 3.63) is 0 Å². The highest BCUT2D eigenvalue weighted by Crippen LogP contribution is 2.35. The Bertz CT molecular complexity index is 280. The monoisotopic (exact) mass is 283 g/mol. The highest BCUT2D eigenvalue weighted by atomic mass is 16.5. The maximum absolute atomic E-state index is 9.73. The van der Waals surface area contributed by atoms with Crippen molar-refractivity contribution in [1.29, 1.82) is 0 Å². The molecule has 3 unspecified atom stereocenters. The molecule has 3 heteroatoms. The van der Waals surface area contributed by atoms with Crippen LogP contribution in [0.5, 0.6) is 0 Å². The van der Waals surface area contributed by atoms with Gasteiger partial charge >= 0.3 is 0 Å².